The lowest BCUT2D eigenvalue weighted by molar-refractivity contribution is 0.520. The molecule has 0 radical (unpaired) electrons. The van der Waals surface area contributed by atoms with Crippen LogP contribution in [-0.4, -0.2) is 23.2 Å². The molecule has 0 aliphatic heterocycles. The molecule has 2 heterocycles. The molecule has 2 aromatic heterocycles. The van der Waals surface area contributed by atoms with Gasteiger partial charge in [0.1, 0.15) is 12.1 Å². The van der Waals surface area contributed by atoms with E-state index < -0.39 is 10.0 Å². The average molecular weight is 384 g/mol. The number of nitrogens with two attached hydrogens (primary N) is 1. The van der Waals surface area contributed by atoms with E-state index in [-0.39, 0.29) is 4.90 Å². The van der Waals surface area contributed by atoms with E-state index in [2.05, 4.69) is 17.3 Å². The fourth-order valence-electron chi connectivity index (χ4n) is 3.26. The van der Waals surface area contributed by atoms with Crippen molar-refractivity contribution in [3.05, 3.63) is 60.8 Å². The molecule has 2 N–H and O–H groups in total. The highest BCUT2D eigenvalue weighted by Gasteiger charge is 2.19. The van der Waals surface area contributed by atoms with Crippen LogP contribution in [0.25, 0.3) is 17.1 Å². The Kier molecular flexibility index (Phi) is 4.67. The monoisotopic (exact) mass is 384 g/mol. The largest absolute Gasteiger partial charge is 0.472 e. The van der Waals surface area contributed by atoms with Crippen molar-refractivity contribution < 1.29 is 12.8 Å². The maximum atomic E-state index is 11.5. The molecule has 1 aliphatic carbocycles. The van der Waals surface area contributed by atoms with Gasteiger partial charge in [-0.15, -0.1) is 5.10 Å². The lowest BCUT2D eigenvalue weighted by Gasteiger charge is -2.16. The summed E-state index contributed by atoms with van der Waals surface area (Å²) in [5.74, 6) is 1.82. The van der Waals surface area contributed by atoms with Gasteiger partial charge in [-0.2, -0.15) is 0 Å². The van der Waals surface area contributed by atoms with Crippen LogP contribution in [0.2, 0.25) is 0 Å². The Morgan fingerprint density at radius 1 is 1.22 bits per heavy atom. The molecule has 7 nitrogen and oxygen atoms in total. The van der Waals surface area contributed by atoms with E-state index in [1.54, 1.807) is 29.3 Å². The minimum absolute atomic E-state index is 0.0678. The molecule has 140 valence electrons. The molecular formula is C19H20N4O3S. The maximum absolute atomic E-state index is 11.5. The van der Waals surface area contributed by atoms with Gasteiger partial charge in [-0.05, 0) is 55.5 Å². The fraction of sp³-hybridized carbons (Fsp3) is 0.263. The Morgan fingerprint density at radius 3 is 2.67 bits per heavy atom. The number of hydrogen-bond acceptors (Lipinski definition) is 5. The summed E-state index contributed by atoms with van der Waals surface area (Å²) in [4.78, 5) is 4.78. The second-order valence-electron chi connectivity index (χ2n) is 6.64. The van der Waals surface area contributed by atoms with Crippen LogP contribution in [0, 0.1) is 5.92 Å². The molecule has 3 aromatic rings. The Morgan fingerprint density at radius 2 is 2.04 bits per heavy atom. The lowest BCUT2D eigenvalue weighted by Crippen LogP contribution is -2.13. The number of aromatic nitrogens is 3. The first-order chi connectivity index (χ1) is 13.0. The summed E-state index contributed by atoms with van der Waals surface area (Å²) < 4.78 is 29.9. The molecule has 8 heteroatoms. The first-order valence-corrected chi connectivity index (χ1v) is 10.3. The Hall–Kier alpha value is -2.71. The number of primary sulfonamides is 1. The van der Waals surface area contributed by atoms with Crippen molar-refractivity contribution in [1.29, 1.82) is 0 Å². The van der Waals surface area contributed by atoms with Gasteiger partial charge in [-0.3, -0.25) is 0 Å². The fourth-order valence-corrected chi connectivity index (χ4v) is 3.78. The summed E-state index contributed by atoms with van der Waals surface area (Å²) in [5.41, 5.74) is 1.54. The molecule has 1 aliphatic rings. The molecule has 27 heavy (non-hydrogen) atoms. The second-order valence-corrected chi connectivity index (χ2v) is 8.20. The molecule has 0 spiro atoms. The van der Waals surface area contributed by atoms with Crippen molar-refractivity contribution in [2.45, 2.75) is 30.6 Å². The summed E-state index contributed by atoms with van der Waals surface area (Å²) in [6.45, 7) is 0. The van der Waals surface area contributed by atoms with E-state index in [0.717, 1.165) is 36.3 Å². The van der Waals surface area contributed by atoms with Crippen LogP contribution in [0.3, 0.4) is 0 Å². The second kappa shape index (κ2) is 7.13. The molecule has 0 bridgehead atoms. The highest BCUT2D eigenvalue weighted by atomic mass is 32.2. The zero-order valence-corrected chi connectivity index (χ0v) is 15.5. The van der Waals surface area contributed by atoms with Gasteiger partial charge in [0, 0.05) is 6.42 Å². The summed E-state index contributed by atoms with van der Waals surface area (Å²) >= 11 is 0. The highest BCUT2D eigenvalue weighted by molar-refractivity contribution is 7.89. The number of allylic oxidation sites excluding steroid dienone is 2. The molecule has 4 rings (SSSR count). The minimum Gasteiger partial charge on any atom is -0.472 e. The standard InChI is InChI=1S/C19H20N4O3S/c20-27(24,25)17-8-6-16(7-9-17)23-18(12-14-4-2-1-3-5-14)21-19(22-23)15-10-11-26-13-15/h2,4,6-11,13-14H,1,3,5,12H2,(H2,20,24,25). The van der Waals surface area contributed by atoms with Crippen LogP contribution in [0.4, 0.5) is 0 Å². The number of benzene rings is 1. The van der Waals surface area contributed by atoms with Crippen LogP contribution in [0.5, 0.6) is 0 Å². The van der Waals surface area contributed by atoms with Crippen LogP contribution in [-0.2, 0) is 16.4 Å². The summed E-state index contributed by atoms with van der Waals surface area (Å²) in [6, 6.07) is 8.15. The van der Waals surface area contributed by atoms with E-state index in [4.69, 9.17) is 14.5 Å². The SMILES string of the molecule is NS(=O)(=O)c1ccc(-n2nc(-c3ccoc3)nc2CC2C=CCCC2)cc1. The topological polar surface area (TPSA) is 104 Å². The smallest absolute Gasteiger partial charge is 0.238 e. The van der Waals surface area contributed by atoms with Crippen molar-refractivity contribution in [3.63, 3.8) is 0 Å². The number of hydrogen-bond donors (Lipinski definition) is 1. The first-order valence-electron chi connectivity index (χ1n) is 8.79. The number of furan rings is 1. The number of nitrogens with zero attached hydrogens (tertiary/aromatic N) is 3. The Bertz CT molecular complexity index is 1050. The van der Waals surface area contributed by atoms with Gasteiger partial charge in [0.2, 0.25) is 10.0 Å². The summed E-state index contributed by atoms with van der Waals surface area (Å²) in [7, 11) is -3.73. The lowest BCUT2D eigenvalue weighted by atomic mass is 9.93. The van der Waals surface area contributed by atoms with Crippen LogP contribution in [0.15, 0.2) is 64.3 Å². The van der Waals surface area contributed by atoms with Gasteiger partial charge in [0.15, 0.2) is 5.82 Å². The molecule has 0 saturated heterocycles. The van der Waals surface area contributed by atoms with E-state index >= 15 is 0 Å². The van der Waals surface area contributed by atoms with Crippen LogP contribution in [0.1, 0.15) is 25.1 Å². The maximum Gasteiger partial charge on any atom is 0.238 e. The van der Waals surface area contributed by atoms with Gasteiger partial charge < -0.3 is 4.42 Å². The van der Waals surface area contributed by atoms with Crippen molar-refractivity contribution in [3.8, 4) is 17.1 Å². The molecule has 1 aromatic carbocycles. The van der Waals surface area contributed by atoms with Crippen LogP contribution < -0.4 is 5.14 Å². The Labute approximate surface area is 157 Å². The van der Waals surface area contributed by atoms with Gasteiger partial charge in [-0.1, -0.05) is 12.2 Å². The van der Waals surface area contributed by atoms with Gasteiger partial charge >= 0.3 is 0 Å². The predicted molar refractivity (Wildman–Crippen MR) is 101 cm³/mol. The molecule has 0 saturated carbocycles. The van der Waals surface area contributed by atoms with Crippen molar-refractivity contribution in [2.75, 3.05) is 0 Å². The summed E-state index contributed by atoms with van der Waals surface area (Å²) in [6.07, 6.45) is 11.8. The molecule has 1 unspecified atom stereocenters. The van der Waals surface area contributed by atoms with Crippen molar-refractivity contribution >= 4 is 10.0 Å². The quantitative estimate of drug-likeness (QED) is 0.681. The minimum atomic E-state index is -3.73. The number of sulfonamides is 1. The van der Waals surface area contributed by atoms with E-state index in [1.807, 2.05) is 6.07 Å². The third-order valence-electron chi connectivity index (χ3n) is 4.66. The molecular weight excluding hydrogens is 364 g/mol. The predicted octanol–water partition coefficient (Wildman–Crippen LogP) is 3.07. The van der Waals surface area contributed by atoms with Crippen molar-refractivity contribution in [2.24, 2.45) is 11.1 Å². The highest BCUT2D eigenvalue weighted by Crippen LogP contribution is 2.25. The van der Waals surface area contributed by atoms with E-state index in [9.17, 15) is 8.42 Å². The zero-order chi connectivity index (χ0) is 18.9. The van der Waals surface area contributed by atoms with E-state index in [0.29, 0.717) is 11.7 Å². The summed E-state index contributed by atoms with van der Waals surface area (Å²) in [5, 5.41) is 9.81. The third-order valence-corrected chi connectivity index (χ3v) is 5.59. The molecule has 0 fully saturated rings. The molecule has 1 atom stereocenters. The third kappa shape index (κ3) is 3.86. The van der Waals surface area contributed by atoms with Gasteiger partial charge in [-0.25, -0.2) is 23.2 Å². The van der Waals surface area contributed by atoms with Crippen LogP contribution >= 0.6 is 0 Å². The average Bonchev–Trinajstić information content (AvgIpc) is 3.32. The first kappa shape index (κ1) is 17.7. The van der Waals surface area contributed by atoms with Gasteiger partial charge in [0.25, 0.3) is 0 Å². The number of rotatable bonds is 5. The molecule has 0 amide bonds. The van der Waals surface area contributed by atoms with E-state index in [1.165, 1.54) is 18.6 Å². The normalized spacial score (nSPS) is 17.3. The zero-order valence-electron chi connectivity index (χ0n) is 14.7. The Balaban J connectivity index is 1.73. The van der Waals surface area contributed by atoms with Gasteiger partial charge in [0.05, 0.1) is 22.4 Å². The van der Waals surface area contributed by atoms with Crippen molar-refractivity contribution in [1.82, 2.24) is 14.8 Å².